The Balaban J connectivity index is 1.91. The third-order valence-electron chi connectivity index (χ3n) is 5.07. The second-order valence-electron chi connectivity index (χ2n) is 9.57. The Morgan fingerprint density at radius 2 is 2.00 bits per heavy atom. The summed E-state index contributed by atoms with van der Waals surface area (Å²) in [6.45, 7) is 15.2. The molecule has 170 valence electrons. The van der Waals surface area contributed by atoms with Crippen LogP contribution in [0.15, 0.2) is 10.6 Å². The van der Waals surface area contributed by atoms with Crippen LogP contribution < -0.4 is 5.32 Å². The zero-order chi connectivity index (χ0) is 22.1. The van der Waals surface area contributed by atoms with Gasteiger partial charge in [0.1, 0.15) is 5.76 Å². The van der Waals surface area contributed by atoms with E-state index in [0.29, 0.717) is 24.5 Å². The van der Waals surface area contributed by atoms with Crippen LogP contribution in [0.3, 0.4) is 0 Å². The predicted molar refractivity (Wildman–Crippen MR) is 116 cm³/mol. The smallest absolute Gasteiger partial charge is 0.245 e. The highest BCUT2D eigenvalue weighted by atomic mass is 16.5. The van der Waals surface area contributed by atoms with Crippen molar-refractivity contribution in [2.45, 2.75) is 53.9 Å². The number of hydrogen-bond acceptors (Lipinski definition) is 6. The fourth-order valence-corrected chi connectivity index (χ4v) is 3.93. The van der Waals surface area contributed by atoms with Crippen LogP contribution in [0, 0.1) is 18.3 Å². The second kappa shape index (κ2) is 11.5. The third kappa shape index (κ3) is 9.26. The van der Waals surface area contributed by atoms with E-state index in [4.69, 9.17) is 9.26 Å². The quantitative estimate of drug-likeness (QED) is 0.624. The lowest BCUT2D eigenvalue weighted by molar-refractivity contribution is -0.135. The molecule has 2 rings (SSSR count). The molecule has 8 heteroatoms. The molecule has 2 amide bonds. The summed E-state index contributed by atoms with van der Waals surface area (Å²) in [5, 5.41) is 6.51. The van der Waals surface area contributed by atoms with Crippen molar-refractivity contribution in [1.29, 1.82) is 0 Å². The van der Waals surface area contributed by atoms with E-state index in [0.717, 1.165) is 45.7 Å². The van der Waals surface area contributed by atoms with Crippen LogP contribution in [0.25, 0.3) is 0 Å². The number of aromatic nitrogens is 1. The Hall–Kier alpha value is -1.93. The molecule has 8 nitrogen and oxygen atoms in total. The fraction of sp³-hybridized carbons (Fsp3) is 0.773. The van der Waals surface area contributed by atoms with Gasteiger partial charge in [0, 0.05) is 38.7 Å². The molecule has 30 heavy (non-hydrogen) atoms. The zero-order valence-corrected chi connectivity index (χ0v) is 19.2. The van der Waals surface area contributed by atoms with E-state index >= 15 is 0 Å². The van der Waals surface area contributed by atoms with Crippen molar-refractivity contribution in [3.05, 3.63) is 11.8 Å². The molecule has 0 spiro atoms. The molecule has 1 N–H and O–H groups in total. The highest BCUT2D eigenvalue weighted by Crippen LogP contribution is 2.26. The van der Waals surface area contributed by atoms with Crippen molar-refractivity contribution >= 4 is 17.6 Å². The van der Waals surface area contributed by atoms with E-state index in [1.54, 1.807) is 17.9 Å². The van der Waals surface area contributed by atoms with Gasteiger partial charge in [0.15, 0.2) is 5.82 Å². The van der Waals surface area contributed by atoms with Crippen LogP contribution >= 0.6 is 0 Å². The lowest BCUT2D eigenvalue weighted by atomic mass is 9.84. The molecule has 1 aromatic heterocycles. The Morgan fingerprint density at radius 3 is 2.60 bits per heavy atom. The molecule has 1 aromatic rings. The highest BCUT2D eigenvalue weighted by Gasteiger charge is 2.23. The molecular formula is C22H38N4O4. The number of anilines is 1. The largest absolute Gasteiger partial charge is 0.379 e. The van der Waals surface area contributed by atoms with E-state index in [1.807, 2.05) is 0 Å². The van der Waals surface area contributed by atoms with Gasteiger partial charge in [-0.3, -0.25) is 14.5 Å². The molecule has 1 aliphatic rings. The maximum absolute atomic E-state index is 13.0. The van der Waals surface area contributed by atoms with Gasteiger partial charge in [0.25, 0.3) is 0 Å². The topological polar surface area (TPSA) is 87.9 Å². The van der Waals surface area contributed by atoms with E-state index in [-0.39, 0.29) is 29.7 Å². The molecule has 1 atom stereocenters. The standard InChI is InChI=1S/C22H38N4O4/c1-17(15-22(3,4)5)13-21(28)26(8-6-7-25-9-11-29-12-10-25)16-20(27)23-19-14-18(2)30-24-19/h14,17H,6-13,15-16H2,1-5H3,(H,23,24,27). The summed E-state index contributed by atoms with van der Waals surface area (Å²) in [5.41, 5.74) is 0.170. The average molecular weight is 423 g/mol. The van der Waals surface area contributed by atoms with Gasteiger partial charge in [-0.15, -0.1) is 0 Å². The number of nitrogens with zero attached hydrogens (tertiary/aromatic N) is 3. The van der Waals surface area contributed by atoms with Crippen molar-refractivity contribution in [2.24, 2.45) is 11.3 Å². The summed E-state index contributed by atoms with van der Waals surface area (Å²) in [6.07, 6.45) is 2.24. The first-order valence-corrected chi connectivity index (χ1v) is 10.9. The van der Waals surface area contributed by atoms with Gasteiger partial charge < -0.3 is 19.5 Å². The van der Waals surface area contributed by atoms with Crippen LogP contribution in [0.2, 0.25) is 0 Å². The predicted octanol–water partition coefficient (Wildman–Crippen LogP) is 2.93. The number of aryl methyl sites for hydroxylation is 1. The molecule has 0 aliphatic carbocycles. The molecule has 0 aromatic carbocycles. The number of hydrogen-bond donors (Lipinski definition) is 1. The summed E-state index contributed by atoms with van der Waals surface area (Å²) in [6, 6.07) is 1.66. The minimum absolute atomic E-state index is 0.0239. The lowest BCUT2D eigenvalue weighted by Gasteiger charge is -2.29. The maximum atomic E-state index is 13.0. The van der Waals surface area contributed by atoms with Crippen LogP contribution in [0.5, 0.6) is 0 Å². The van der Waals surface area contributed by atoms with E-state index in [2.05, 4.69) is 43.1 Å². The van der Waals surface area contributed by atoms with Crippen molar-refractivity contribution in [3.63, 3.8) is 0 Å². The first-order chi connectivity index (χ1) is 14.1. The van der Waals surface area contributed by atoms with Crippen LogP contribution in [0.4, 0.5) is 5.82 Å². The number of ether oxygens (including phenoxy) is 1. The Kier molecular flexibility index (Phi) is 9.30. The number of amides is 2. The molecule has 0 radical (unpaired) electrons. The summed E-state index contributed by atoms with van der Waals surface area (Å²) >= 11 is 0. The third-order valence-corrected chi connectivity index (χ3v) is 5.07. The van der Waals surface area contributed by atoms with Crippen molar-refractivity contribution in [1.82, 2.24) is 15.0 Å². The summed E-state index contributed by atoms with van der Waals surface area (Å²) in [5.74, 6) is 1.03. The number of rotatable bonds is 10. The van der Waals surface area contributed by atoms with Gasteiger partial charge in [0.05, 0.1) is 19.8 Å². The Morgan fingerprint density at radius 1 is 1.30 bits per heavy atom. The van der Waals surface area contributed by atoms with Gasteiger partial charge >= 0.3 is 0 Å². The highest BCUT2D eigenvalue weighted by molar-refractivity contribution is 5.93. The van der Waals surface area contributed by atoms with E-state index < -0.39 is 0 Å². The summed E-state index contributed by atoms with van der Waals surface area (Å²) in [7, 11) is 0. The average Bonchev–Trinajstić information content (AvgIpc) is 3.04. The number of carbonyl (C=O) groups excluding carboxylic acids is 2. The van der Waals surface area contributed by atoms with Gasteiger partial charge in [-0.1, -0.05) is 32.9 Å². The second-order valence-corrected chi connectivity index (χ2v) is 9.57. The van der Waals surface area contributed by atoms with Crippen LogP contribution in [0.1, 0.15) is 52.7 Å². The van der Waals surface area contributed by atoms with Crippen LogP contribution in [-0.4, -0.2) is 72.7 Å². The normalized spacial score (nSPS) is 16.3. The number of carbonyl (C=O) groups is 2. The number of nitrogens with one attached hydrogen (secondary N) is 1. The van der Waals surface area contributed by atoms with Crippen molar-refractivity contribution < 1.29 is 18.8 Å². The Labute approximate surface area is 180 Å². The van der Waals surface area contributed by atoms with Gasteiger partial charge in [-0.25, -0.2) is 0 Å². The van der Waals surface area contributed by atoms with Crippen molar-refractivity contribution in [3.8, 4) is 0 Å². The molecule has 1 aliphatic heterocycles. The summed E-state index contributed by atoms with van der Waals surface area (Å²) < 4.78 is 10.4. The molecular weight excluding hydrogens is 384 g/mol. The van der Waals surface area contributed by atoms with E-state index in [1.165, 1.54) is 0 Å². The Bertz CT molecular complexity index is 677. The molecule has 0 saturated carbocycles. The monoisotopic (exact) mass is 422 g/mol. The zero-order valence-electron chi connectivity index (χ0n) is 19.2. The van der Waals surface area contributed by atoms with Crippen molar-refractivity contribution in [2.75, 3.05) is 51.3 Å². The van der Waals surface area contributed by atoms with Gasteiger partial charge in [-0.2, -0.15) is 0 Å². The first kappa shape index (κ1) is 24.3. The molecule has 1 fully saturated rings. The maximum Gasteiger partial charge on any atom is 0.245 e. The fourth-order valence-electron chi connectivity index (χ4n) is 3.93. The minimum atomic E-state index is -0.258. The molecule has 1 saturated heterocycles. The first-order valence-electron chi connectivity index (χ1n) is 10.9. The van der Waals surface area contributed by atoms with E-state index in [9.17, 15) is 9.59 Å². The van der Waals surface area contributed by atoms with Gasteiger partial charge in [0.2, 0.25) is 11.8 Å². The molecule has 0 bridgehead atoms. The van der Waals surface area contributed by atoms with Gasteiger partial charge in [-0.05, 0) is 31.1 Å². The number of morpholine rings is 1. The SMILES string of the molecule is Cc1cc(NC(=O)CN(CCCN2CCOCC2)C(=O)CC(C)CC(C)(C)C)no1. The molecule has 1 unspecified atom stereocenters. The van der Waals surface area contributed by atoms with Crippen LogP contribution in [-0.2, 0) is 14.3 Å². The minimum Gasteiger partial charge on any atom is -0.379 e. The summed E-state index contributed by atoms with van der Waals surface area (Å²) in [4.78, 5) is 29.5. The lowest BCUT2D eigenvalue weighted by Crippen LogP contribution is -2.42. The molecule has 2 heterocycles.